The zero-order valence-corrected chi connectivity index (χ0v) is 15.6. The van der Waals surface area contributed by atoms with Gasteiger partial charge in [-0.05, 0) is 44.3 Å². The number of halogens is 1. The molecule has 2 amide bonds. The van der Waals surface area contributed by atoms with Crippen LogP contribution in [0.1, 0.15) is 30.0 Å². The molecule has 0 bridgehead atoms. The highest BCUT2D eigenvalue weighted by atomic mass is 19.1. The van der Waals surface area contributed by atoms with Crippen LogP contribution >= 0.6 is 0 Å². The van der Waals surface area contributed by atoms with E-state index in [0.29, 0.717) is 18.5 Å². The van der Waals surface area contributed by atoms with Crippen LogP contribution in [0, 0.1) is 5.82 Å². The summed E-state index contributed by atoms with van der Waals surface area (Å²) in [6, 6.07) is 13.2. The van der Waals surface area contributed by atoms with Crippen molar-refractivity contribution in [3.05, 3.63) is 65.5 Å². The van der Waals surface area contributed by atoms with Crippen LogP contribution in [0.2, 0.25) is 0 Å². The van der Waals surface area contributed by atoms with E-state index in [0.717, 1.165) is 24.2 Å². The normalized spacial score (nSPS) is 15.3. The van der Waals surface area contributed by atoms with Crippen molar-refractivity contribution in [2.24, 2.45) is 0 Å². The molecule has 1 atom stereocenters. The molecule has 2 aromatic carbocycles. The summed E-state index contributed by atoms with van der Waals surface area (Å²) in [6.45, 7) is 1.09. The van der Waals surface area contributed by atoms with Crippen LogP contribution in [0.5, 0.6) is 0 Å². The molecule has 2 aromatic rings. The second kappa shape index (κ2) is 8.31. The zero-order chi connectivity index (χ0) is 19.4. The summed E-state index contributed by atoms with van der Waals surface area (Å²) in [6.07, 6.45) is 1.48. The fourth-order valence-electron chi connectivity index (χ4n) is 3.35. The number of hydrogen-bond donors (Lipinski definition) is 1. The van der Waals surface area contributed by atoms with Crippen LogP contribution in [0.15, 0.2) is 48.5 Å². The number of likely N-dealkylation sites (N-methyl/N-ethyl adjacent to an activating group) is 1. The maximum absolute atomic E-state index is 14.1. The third kappa shape index (κ3) is 4.34. The van der Waals surface area contributed by atoms with Gasteiger partial charge in [0.05, 0.1) is 0 Å². The topological polar surface area (TPSA) is 52.7 Å². The second-order valence-corrected chi connectivity index (χ2v) is 6.92. The fourth-order valence-corrected chi connectivity index (χ4v) is 3.35. The molecule has 1 fully saturated rings. The van der Waals surface area contributed by atoms with Crippen molar-refractivity contribution in [1.29, 1.82) is 0 Å². The highest BCUT2D eigenvalue weighted by Crippen LogP contribution is 2.23. The van der Waals surface area contributed by atoms with E-state index >= 15 is 0 Å². The molecule has 142 valence electrons. The molecule has 6 heteroatoms. The molecule has 0 aromatic heterocycles. The van der Waals surface area contributed by atoms with Crippen LogP contribution in [-0.2, 0) is 16.1 Å². The number of carbonyl (C=O) groups excluding carboxylic acids is 2. The number of nitrogens with one attached hydrogen (secondary N) is 1. The zero-order valence-electron chi connectivity index (χ0n) is 15.6. The quantitative estimate of drug-likeness (QED) is 0.852. The number of hydrogen-bond acceptors (Lipinski definition) is 3. The Kier molecular flexibility index (Phi) is 5.86. The smallest absolute Gasteiger partial charge is 0.242 e. The van der Waals surface area contributed by atoms with E-state index in [1.165, 1.54) is 6.07 Å². The van der Waals surface area contributed by atoms with Gasteiger partial charge in [-0.25, -0.2) is 4.39 Å². The van der Waals surface area contributed by atoms with Gasteiger partial charge in [0.15, 0.2) is 0 Å². The fraction of sp³-hybridized carbons (Fsp3) is 0.333. The van der Waals surface area contributed by atoms with Gasteiger partial charge in [-0.15, -0.1) is 0 Å². The highest BCUT2D eigenvalue weighted by Gasteiger charge is 2.25. The summed E-state index contributed by atoms with van der Waals surface area (Å²) >= 11 is 0. The Labute approximate surface area is 158 Å². The lowest BCUT2D eigenvalue weighted by Gasteiger charge is -2.24. The molecule has 3 rings (SSSR count). The minimum atomic E-state index is -0.701. The number of carbonyl (C=O) groups is 2. The number of anilines is 1. The number of amides is 2. The molecule has 0 saturated carbocycles. The first-order valence-electron chi connectivity index (χ1n) is 9.05. The van der Waals surface area contributed by atoms with E-state index in [2.05, 4.69) is 5.32 Å². The van der Waals surface area contributed by atoms with E-state index in [-0.39, 0.29) is 11.8 Å². The van der Waals surface area contributed by atoms with Crippen LogP contribution in [0.4, 0.5) is 10.1 Å². The first-order valence-corrected chi connectivity index (χ1v) is 9.05. The van der Waals surface area contributed by atoms with Gasteiger partial charge in [0.25, 0.3) is 0 Å². The highest BCUT2D eigenvalue weighted by molar-refractivity contribution is 5.95. The van der Waals surface area contributed by atoms with Crippen molar-refractivity contribution in [3.8, 4) is 0 Å². The minimum absolute atomic E-state index is 0.148. The number of rotatable bonds is 6. The SMILES string of the molecule is CN(C)[C@@H](C(=O)NCc1ccc(N2CCCC2=O)cc1)c1ccccc1F. The van der Waals surface area contributed by atoms with Crippen LogP contribution in [0.3, 0.4) is 0 Å². The molecule has 0 aliphatic carbocycles. The molecule has 0 spiro atoms. The summed E-state index contributed by atoms with van der Waals surface area (Å²) in [4.78, 5) is 27.9. The molecule has 27 heavy (non-hydrogen) atoms. The van der Waals surface area contributed by atoms with Crippen LogP contribution in [-0.4, -0.2) is 37.4 Å². The third-order valence-electron chi connectivity index (χ3n) is 4.75. The summed E-state index contributed by atoms with van der Waals surface area (Å²) in [5.41, 5.74) is 2.15. The van der Waals surface area contributed by atoms with Crippen LogP contribution in [0.25, 0.3) is 0 Å². The van der Waals surface area contributed by atoms with Crippen molar-refractivity contribution in [2.45, 2.75) is 25.4 Å². The molecule has 0 radical (unpaired) electrons. The largest absolute Gasteiger partial charge is 0.350 e. The van der Waals surface area contributed by atoms with Gasteiger partial charge >= 0.3 is 0 Å². The van der Waals surface area contributed by atoms with Crippen molar-refractivity contribution < 1.29 is 14.0 Å². The minimum Gasteiger partial charge on any atom is -0.350 e. The Hall–Kier alpha value is -2.73. The molecular formula is C21H24FN3O2. The number of nitrogens with zero attached hydrogens (tertiary/aromatic N) is 2. The van der Waals surface area contributed by atoms with E-state index in [9.17, 15) is 14.0 Å². The average molecular weight is 369 g/mol. The summed E-state index contributed by atoms with van der Waals surface area (Å²) < 4.78 is 14.1. The maximum Gasteiger partial charge on any atom is 0.242 e. The van der Waals surface area contributed by atoms with Gasteiger partial charge in [0, 0.05) is 30.8 Å². The van der Waals surface area contributed by atoms with E-state index in [4.69, 9.17) is 0 Å². The second-order valence-electron chi connectivity index (χ2n) is 6.92. The van der Waals surface area contributed by atoms with E-state index < -0.39 is 11.9 Å². The van der Waals surface area contributed by atoms with E-state index in [1.54, 1.807) is 42.1 Å². The van der Waals surface area contributed by atoms with Crippen molar-refractivity contribution in [3.63, 3.8) is 0 Å². The molecular weight excluding hydrogens is 345 g/mol. The lowest BCUT2D eigenvalue weighted by Crippen LogP contribution is -2.37. The standard InChI is InChI=1S/C21H24FN3O2/c1-24(2)20(17-6-3-4-7-18(17)22)21(27)23-14-15-9-11-16(12-10-15)25-13-5-8-19(25)26/h3-4,6-7,9-12,20H,5,8,13-14H2,1-2H3,(H,23,27)/t20-/m1/s1. The van der Waals surface area contributed by atoms with Crippen molar-refractivity contribution >= 4 is 17.5 Å². The molecule has 5 nitrogen and oxygen atoms in total. The summed E-state index contributed by atoms with van der Waals surface area (Å²) in [5.74, 6) is -0.510. The van der Waals surface area contributed by atoms with Crippen molar-refractivity contribution in [2.75, 3.05) is 25.5 Å². The summed E-state index contributed by atoms with van der Waals surface area (Å²) in [7, 11) is 3.50. The Morgan fingerprint density at radius 3 is 2.48 bits per heavy atom. The molecule has 1 heterocycles. The molecule has 0 unspecified atom stereocenters. The molecule has 1 N–H and O–H groups in total. The van der Waals surface area contributed by atoms with Crippen LogP contribution < -0.4 is 10.2 Å². The average Bonchev–Trinajstić information content (AvgIpc) is 3.08. The monoisotopic (exact) mass is 369 g/mol. The van der Waals surface area contributed by atoms with E-state index in [1.807, 2.05) is 24.3 Å². The lowest BCUT2D eigenvalue weighted by molar-refractivity contribution is -0.126. The Morgan fingerprint density at radius 1 is 1.19 bits per heavy atom. The maximum atomic E-state index is 14.1. The Morgan fingerprint density at radius 2 is 1.89 bits per heavy atom. The van der Waals surface area contributed by atoms with Gasteiger partial charge < -0.3 is 10.2 Å². The van der Waals surface area contributed by atoms with Crippen molar-refractivity contribution in [1.82, 2.24) is 10.2 Å². The molecule has 1 aliphatic rings. The first kappa shape index (κ1) is 19.0. The molecule has 1 aliphatic heterocycles. The molecule has 1 saturated heterocycles. The first-order chi connectivity index (χ1) is 13.0. The number of benzene rings is 2. The lowest BCUT2D eigenvalue weighted by atomic mass is 10.0. The van der Waals surface area contributed by atoms with Gasteiger partial charge in [-0.1, -0.05) is 30.3 Å². The van der Waals surface area contributed by atoms with Gasteiger partial charge in [-0.2, -0.15) is 0 Å². The summed E-state index contributed by atoms with van der Waals surface area (Å²) in [5, 5.41) is 2.88. The Bertz CT molecular complexity index is 820. The predicted octanol–water partition coefficient (Wildman–Crippen LogP) is 2.87. The van der Waals surface area contributed by atoms with Gasteiger partial charge in [-0.3, -0.25) is 14.5 Å². The third-order valence-corrected chi connectivity index (χ3v) is 4.75. The Balaban J connectivity index is 1.65. The van der Waals surface area contributed by atoms with Gasteiger partial charge in [0.1, 0.15) is 11.9 Å². The predicted molar refractivity (Wildman–Crippen MR) is 103 cm³/mol. The van der Waals surface area contributed by atoms with Gasteiger partial charge in [0.2, 0.25) is 11.8 Å².